The summed E-state index contributed by atoms with van der Waals surface area (Å²) >= 11 is 0. The van der Waals surface area contributed by atoms with Gasteiger partial charge in [-0.15, -0.1) is 0 Å². The summed E-state index contributed by atoms with van der Waals surface area (Å²) < 4.78 is 37.4. The minimum Gasteiger partial charge on any atom is -0.496 e. The number of hydrogen-bond acceptors (Lipinski definition) is 5. The lowest BCUT2D eigenvalue weighted by Crippen LogP contribution is -2.26. The molecule has 2 aromatic carbocycles. The molecule has 0 spiro atoms. The van der Waals surface area contributed by atoms with Gasteiger partial charge in [-0.05, 0) is 24.3 Å². The Balaban J connectivity index is 2.24. The van der Waals surface area contributed by atoms with Crippen molar-refractivity contribution in [3.8, 4) is 11.5 Å². The van der Waals surface area contributed by atoms with Gasteiger partial charge in [0.05, 0.1) is 14.2 Å². The van der Waals surface area contributed by atoms with Crippen LogP contribution in [-0.2, 0) is 16.6 Å². The van der Waals surface area contributed by atoms with Crippen molar-refractivity contribution in [2.24, 2.45) is 0 Å². The molecule has 0 aliphatic heterocycles. The topological polar surface area (TPSA) is 93.7 Å². The van der Waals surface area contributed by atoms with E-state index in [0.717, 1.165) is 5.56 Å². The van der Waals surface area contributed by atoms with E-state index in [2.05, 4.69) is 10.0 Å². The second-order valence-electron chi connectivity index (χ2n) is 5.36. The molecule has 140 valence electrons. The molecule has 0 bridgehead atoms. The summed E-state index contributed by atoms with van der Waals surface area (Å²) in [6.07, 6.45) is 0. The van der Waals surface area contributed by atoms with Gasteiger partial charge in [0.15, 0.2) is 0 Å². The zero-order valence-corrected chi connectivity index (χ0v) is 15.7. The Labute approximate surface area is 153 Å². The Kier molecular flexibility index (Phi) is 6.59. The Morgan fingerprint density at radius 1 is 1.04 bits per heavy atom. The average Bonchev–Trinajstić information content (AvgIpc) is 2.65. The van der Waals surface area contributed by atoms with Gasteiger partial charge in [0.2, 0.25) is 10.0 Å². The third kappa shape index (κ3) is 4.53. The number of para-hydroxylation sites is 1. The molecule has 0 aliphatic carbocycles. The Morgan fingerprint density at radius 3 is 2.38 bits per heavy atom. The maximum atomic E-state index is 12.4. The van der Waals surface area contributed by atoms with Gasteiger partial charge in [-0.3, -0.25) is 4.79 Å². The Morgan fingerprint density at radius 2 is 1.73 bits per heavy atom. The molecule has 7 nitrogen and oxygen atoms in total. The van der Waals surface area contributed by atoms with Crippen LogP contribution in [0.25, 0.3) is 0 Å². The molecule has 0 fully saturated rings. The molecule has 0 heterocycles. The fourth-order valence-corrected chi connectivity index (χ4v) is 3.66. The van der Waals surface area contributed by atoms with Crippen LogP contribution < -0.4 is 19.5 Å². The zero-order valence-electron chi connectivity index (χ0n) is 14.9. The van der Waals surface area contributed by atoms with Gasteiger partial charge in [-0.25, -0.2) is 13.1 Å². The van der Waals surface area contributed by atoms with Crippen molar-refractivity contribution >= 4 is 15.9 Å². The van der Waals surface area contributed by atoms with E-state index in [1.54, 1.807) is 20.1 Å². The number of hydrogen-bond donors (Lipinski definition) is 2. The summed E-state index contributed by atoms with van der Waals surface area (Å²) in [5.41, 5.74) is 1.04. The number of carbonyl (C=O) groups excluding carboxylic acids is 1. The largest absolute Gasteiger partial charge is 0.496 e. The fourth-order valence-electron chi connectivity index (χ4n) is 2.42. The Hall–Kier alpha value is -2.58. The van der Waals surface area contributed by atoms with Gasteiger partial charge >= 0.3 is 0 Å². The first-order chi connectivity index (χ1) is 12.4. The normalized spacial score (nSPS) is 11.0. The van der Waals surface area contributed by atoms with Gasteiger partial charge in [-0.2, -0.15) is 0 Å². The molecule has 2 N–H and O–H groups in total. The first-order valence-electron chi connectivity index (χ1n) is 8.00. The summed E-state index contributed by atoms with van der Waals surface area (Å²) in [6, 6.07) is 11.6. The van der Waals surface area contributed by atoms with Crippen molar-refractivity contribution in [3.63, 3.8) is 0 Å². The lowest BCUT2D eigenvalue weighted by atomic mass is 10.1. The number of sulfonamides is 1. The van der Waals surface area contributed by atoms with Crippen LogP contribution in [0.3, 0.4) is 0 Å². The highest BCUT2D eigenvalue weighted by atomic mass is 32.2. The van der Waals surface area contributed by atoms with Crippen molar-refractivity contribution in [2.75, 3.05) is 20.8 Å². The van der Waals surface area contributed by atoms with E-state index in [0.29, 0.717) is 5.75 Å². The summed E-state index contributed by atoms with van der Waals surface area (Å²) in [7, 11) is -0.828. The van der Waals surface area contributed by atoms with Crippen molar-refractivity contribution in [2.45, 2.75) is 18.4 Å². The van der Waals surface area contributed by atoms with Crippen LogP contribution in [0.15, 0.2) is 47.4 Å². The van der Waals surface area contributed by atoms with Crippen molar-refractivity contribution in [1.82, 2.24) is 10.0 Å². The van der Waals surface area contributed by atoms with Crippen LogP contribution in [0.5, 0.6) is 11.5 Å². The van der Waals surface area contributed by atoms with Crippen LogP contribution in [-0.4, -0.2) is 35.1 Å². The molecular formula is C18H22N2O5S. The van der Waals surface area contributed by atoms with Gasteiger partial charge in [-0.1, -0.05) is 25.1 Å². The minimum absolute atomic E-state index is 0.0770. The van der Waals surface area contributed by atoms with Gasteiger partial charge in [0.1, 0.15) is 16.4 Å². The predicted octanol–water partition coefficient (Wildman–Crippen LogP) is 1.93. The van der Waals surface area contributed by atoms with Crippen LogP contribution >= 0.6 is 0 Å². The fraction of sp³-hybridized carbons (Fsp3) is 0.278. The van der Waals surface area contributed by atoms with Crippen LogP contribution in [0.2, 0.25) is 0 Å². The Bertz CT molecular complexity index is 881. The first kappa shape index (κ1) is 19.7. The number of benzene rings is 2. The molecule has 0 aliphatic rings. The maximum absolute atomic E-state index is 12.4. The third-order valence-electron chi connectivity index (χ3n) is 3.68. The molecule has 0 unspecified atom stereocenters. The molecular weight excluding hydrogens is 356 g/mol. The smallest absolute Gasteiger partial charge is 0.251 e. The third-order valence-corrected chi connectivity index (χ3v) is 5.25. The standard InChI is InChI=1S/C18H22N2O5S/c1-4-20-26(22,23)17-11-13(9-10-16(17)25-3)18(21)19-12-14-7-5-6-8-15(14)24-2/h5-11,20H,4,12H2,1-3H3,(H,19,21). The van der Waals surface area contributed by atoms with Crippen molar-refractivity contribution < 1.29 is 22.7 Å². The summed E-state index contributed by atoms with van der Waals surface area (Å²) in [6.45, 7) is 2.16. The molecule has 0 atom stereocenters. The lowest BCUT2D eigenvalue weighted by Gasteiger charge is -2.13. The monoisotopic (exact) mass is 378 g/mol. The number of methoxy groups -OCH3 is 2. The summed E-state index contributed by atoms with van der Waals surface area (Å²) in [5.74, 6) is 0.441. The van der Waals surface area contributed by atoms with Crippen LogP contribution in [0.4, 0.5) is 0 Å². The summed E-state index contributed by atoms with van der Waals surface area (Å²) in [4.78, 5) is 12.4. The van der Waals surface area contributed by atoms with Crippen molar-refractivity contribution in [1.29, 1.82) is 0 Å². The molecule has 0 saturated heterocycles. The van der Waals surface area contributed by atoms with E-state index in [4.69, 9.17) is 9.47 Å². The lowest BCUT2D eigenvalue weighted by molar-refractivity contribution is 0.0950. The molecule has 2 aromatic rings. The minimum atomic E-state index is -3.76. The summed E-state index contributed by atoms with van der Waals surface area (Å²) in [5, 5.41) is 2.76. The zero-order chi connectivity index (χ0) is 19.2. The number of carbonyl (C=O) groups is 1. The first-order valence-corrected chi connectivity index (χ1v) is 9.49. The molecule has 0 aromatic heterocycles. The average molecular weight is 378 g/mol. The highest BCUT2D eigenvalue weighted by Gasteiger charge is 2.21. The second kappa shape index (κ2) is 8.68. The van der Waals surface area contributed by atoms with Gasteiger partial charge < -0.3 is 14.8 Å². The predicted molar refractivity (Wildman–Crippen MR) is 98.0 cm³/mol. The molecule has 0 radical (unpaired) electrons. The molecule has 26 heavy (non-hydrogen) atoms. The highest BCUT2D eigenvalue weighted by molar-refractivity contribution is 7.89. The number of ether oxygens (including phenoxy) is 2. The SMILES string of the molecule is CCNS(=O)(=O)c1cc(C(=O)NCc2ccccc2OC)ccc1OC. The second-order valence-corrected chi connectivity index (χ2v) is 7.10. The van der Waals surface area contributed by atoms with E-state index in [-0.39, 0.29) is 29.3 Å². The van der Waals surface area contributed by atoms with E-state index < -0.39 is 15.9 Å². The molecule has 8 heteroatoms. The van der Waals surface area contributed by atoms with E-state index in [1.807, 2.05) is 18.2 Å². The quantitative estimate of drug-likeness (QED) is 0.732. The molecule has 2 rings (SSSR count). The molecule has 0 saturated carbocycles. The van der Waals surface area contributed by atoms with E-state index in [1.165, 1.54) is 25.3 Å². The van der Waals surface area contributed by atoms with E-state index >= 15 is 0 Å². The van der Waals surface area contributed by atoms with Crippen LogP contribution in [0, 0.1) is 0 Å². The van der Waals surface area contributed by atoms with Crippen molar-refractivity contribution in [3.05, 3.63) is 53.6 Å². The number of nitrogens with one attached hydrogen (secondary N) is 2. The van der Waals surface area contributed by atoms with Gasteiger partial charge in [0.25, 0.3) is 5.91 Å². The highest BCUT2D eigenvalue weighted by Crippen LogP contribution is 2.25. The number of amides is 1. The van der Waals surface area contributed by atoms with E-state index in [9.17, 15) is 13.2 Å². The van der Waals surface area contributed by atoms with Crippen LogP contribution in [0.1, 0.15) is 22.8 Å². The maximum Gasteiger partial charge on any atom is 0.251 e. The van der Waals surface area contributed by atoms with Gasteiger partial charge in [0, 0.05) is 24.2 Å². The number of rotatable bonds is 8. The molecule has 1 amide bonds.